The molecule has 0 aliphatic carbocycles. The van der Waals surface area contributed by atoms with Crippen LogP contribution in [0.4, 0.5) is 23.2 Å². The largest absolute Gasteiger partial charge is 0.417 e. The Balaban J connectivity index is 2.46. The Kier molecular flexibility index (Phi) is 10.3. The molecule has 7 nitrogen and oxygen atoms in total. The van der Waals surface area contributed by atoms with Gasteiger partial charge in [-0.05, 0) is 37.6 Å². The van der Waals surface area contributed by atoms with E-state index in [1.165, 1.54) is 31.2 Å². The molecule has 2 rings (SSSR count). The van der Waals surface area contributed by atoms with E-state index in [2.05, 4.69) is 5.32 Å². The lowest BCUT2D eigenvalue weighted by Crippen LogP contribution is -2.51. The molecule has 37 heavy (non-hydrogen) atoms. The first-order chi connectivity index (χ1) is 17.2. The molecule has 1 atom stereocenters. The summed E-state index contributed by atoms with van der Waals surface area (Å²) in [5, 5.41) is 2.02. The highest BCUT2D eigenvalue weighted by molar-refractivity contribution is 7.92. The summed E-state index contributed by atoms with van der Waals surface area (Å²) in [4.78, 5) is 27.1. The Labute approximate surface area is 218 Å². The van der Waals surface area contributed by atoms with Gasteiger partial charge in [-0.25, -0.2) is 12.8 Å². The third kappa shape index (κ3) is 8.32. The molecule has 0 bridgehead atoms. The lowest BCUT2D eigenvalue weighted by atomic mass is 10.1. The minimum atomic E-state index is -4.87. The summed E-state index contributed by atoms with van der Waals surface area (Å²) in [6, 6.07) is 6.84. The van der Waals surface area contributed by atoms with Gasteiger partial charge in [0.2, 0.25) is 21.8 Å². The Morgan fingerprint density at radius 1 is 1.14 bits per heavy atom. The standard InChI is InChI=1S/C24H28ClF4N3O4S/c1-4-5-12-30-23(34)16(2)31(14-17-8-6-7-9-21(17)26)22(33)15-32(37(3,35)36)18-10-11-20(25)19(13-18)24(27,28)29/h6-11,13,16H,4-5,12,14-15H2,1-3H3,(H,30,34). The summed E-state index contributed by atoms with van der Waals surface area (Å²) >= 11 is 5.65. The molecule has 1 unspecified atom stereocenters. The van der Waals surface area contributed by atoms with Crippen molar-refractivity contribution >= 4 is 39.1 Å². The van der Waals surface area contributed by atoms with Gasteiger partial charge in [0.15, 0.2) is 0 Å². The molecule has 204 valence electrons. The Morgan fingerprint density at radius 3 is 2.35 bits per heavy atom. The smallest absolute Gasteiger partial charge is 0.354 e. The minimum absolute atomic E-state index is 0.0702. The van der Waals surface area contributed by atoms with Crippen molar-refractivity contribution in [3.63, 3.8) is 0 Å². The fraction of sp³-hybridized carbons (Fsp3) is 0.417. The number of hydrogen-bond acceptors (Lipinski definition) is 4. The monoisotopic (exact) mass is 565 g/mol. The van der Waals surface area contributed by atoms with E-state index in [4.69, 9.17) is 11.6 Å². The van der Waals surface area contributed by atoms with E-state index in [1.54, 1.807) is 0 Å². The number of nitrogens with zero attached hydrogens (tertiary/aromatic N) is 2. The fourth-order valence-electron chi connectivity index (χ4n) is 3.43. The quantitative estimate of drug-likeness (QED) is 0.319. The van der Waals surface area contributed by atoms with Crippen LogP contribution in [0.15, 0.2) is 42.5 Å². The number of hydrogen-bond donors (Lipinski definition) is 1. The van der Waals surface area contributed by atoms with E-state index in [9.17, 15) is 35.6 Å². The second-order valence-corrected chi connectivity index (χ2v) is 10.7. The van der Waals surface area contributed by atoms with Crippen molar-refractivity contribution < 1.29 is 35.6 Å². The maximum Gasteiger partial charge on any atom is 0.417 e. The van der Waals surface area contributed by atoms with Crippen LogP contribution in [0.1, 0.15) is 37.8 Å². The zero-order valence-corrected chi connectivity index (χ0v) is 22.1. The van der Waals surface area contributed by atoms with E-state index < -0.39 is 62.7 Å². The molecular weight excluding hydrogens is 538 g/mol. The zero-order chi connectivity index (χ0) is 28.0. The van der Waals surface area contributed by atoms with Crippen molar-refractivity contribution in [3.8, 4) is 0 Å². The van der Waals surface area contributed by atoms with Crippen LogP contribution in [0.3, 0.4) is 0 Å². The van der Waals surface area contributed by atoms with Crippen molar-refractivity contribution in [2.24, 2.45) is 0 Å². The van der Waals surface area contributed by atoms with Gasteiger partial charge in [0.05, 0.1) is 22.5 Å². The zero-order valence-electron chi connectivity index (χ0n) is 20.5. The van der Waals surface area contributed by atoms with E-state index >= 15 is 0 Å². The van der Waals surface area contributed by atoms with E-state index in [-0.39, 0.29) is 12.1 Å². The van der Waals surface area contributed by atoms with E-state index in [1.807, 2.05) is 6.92 Å². The molecule has 13 heteroatoms. The normalized spacial score (nSPS) is 12.6. The maximum absolute atomic E-state index is 14.4. The summed E-state index contributed by atoms with van der Waals surface area (Å²) in [5.74, 6) is -2.11. The highest BCUT2D eigenvalue weighted by Gasteiger charge is 2.35. The van der Waals surface area contributed by atoms with Crippen LogP contribution in [0, 0.1) is 5.82 Å². The van der Waals surface area contributed by atoms with Gasteiger partial charge < -0.3 is 10.2 Å². The topological polar surface area (TPSA) is 86.8 Å². The number of alkyl halides is 3. The fourth-order valence-corrected chi connectivity index (χ4v) is 4.49. The first-order valence-corrected chi connectivity index (χ1v) is 13.5. The molecule has 2 aromatic rings. The molecule has 0 spiro atoms. The Bertz CT molecular complexity index is 1220. The van der Waals surface area contributed by atoms with Gasteiger partial charge in [0.25, 0.3) is 0 Å². The van der Waals surface area contributed by atoms with Crippen molar-refractivity contribution in [1.29, 1.82) is 0 Å². The van der Waals surface area contributed by atoms with Gasteiger partial charge in [-0.3, -0.25) is 13.9 Å². The number of carbonyl (C=O) groups is 2. The molecule has 0 saturated heterocycles. The Hall–Kier alpha value is -2.86. The first-order valence-electron chi connectivity index (χ1n) is 11.3. The predicted molar refractivity (Wildman–Crippen MR) is 133 cm³/mol. The molecule has 0 heterocycles. The van der Waals surface area contributed by atoms with Gasteiger partial charge in [-0.2, -0.15) is 13.2 Å². The number of benzene rings is 2. The number of anilines is 1. The number of sulfonamides is 1. The lowest BCUT2D eigenvalue weighted by Gasteiger charge is -2.31. The number of halogens is 5. The molecule has 0 radical (unpaired) electrons. The van der Waals surface area contributed by atoms with Crippen LogP contribution in [-0.4, -0.2) is 50.5 Å². The third-order valence-electron chi connectivity index (χ3n) is 5.52. The van der Waals surface area contributed by atoms with Crippen LogP contribution in [0.5, 0.6) is 0 Å². The van der Waals surface area contributed by atoms with Gasteiger partial charge in [-0.15, -0.1) is 0 Å². The second-order valence-electron chi connectivity index (χ2n) is 8.37. The molecule has 0 aliphatic heterocycles. The van der Waals surface area contributed by atoms with Crippen molar-refractivity contribution in [3.05, 3.63) is 64.4 Å². The van der Waals surface area contributed by atoms with Crippen LogP contribution in [-0.2, 0) is 32.3 Å². The van der Waals surface area contributed by atoms with Gasteiger partial charge in [0, 0.05) is 18.7 Å². The lowest BCUT2D eigenvalue weighted by molar-refractivity contribution is -0.139. The van der Waals surface area contributed by atoms with Gasteiger partial charge in [0.1, 0.15) is 18.4 Å². The summed E-state index contributed by atoms with van der Waals surface area (Å²) in [7, 11) is -4.27. The van der Waals surface area contributed by atoms with Crippen molar-refractivity contribution in [2.75, 3.05) is 23.7 Å². The summed E-state index contributed by atoms with van der Waals surface area (Å²) in [6.45, 7) is 2.35. The van der Waals surface area contributed by atoms with Gasteiger partial charge >= 0.3 is 6.18 Å². The Morgan fingerprint density at radius 2 is 1.78 bits per heavy atom. The molecule has 0 aromatic heterocycles. The van der Waals surface area contributed by atoms with E-state index in [0.29, 0.717) is 23.3 Å². The average Bonchev–Trinajstić information content (AvgIpc) is 2.80. The summed E-state index contributed by atoms with van der Waals surface area (Å²) in [5.41, 5.74) is -1.65. The third-order valence-corrected chi connectivity index (χ3v) is 6.99. The van der Waals surface area contributed by atoms with Crippen molar-refractivity contribution in [2.45, 2.75) is 45.5 Å². The van der Waals surface area contributed by atoms with Crippen molar-refractivity contribution in [1.82, 2.24) is 10.2 Å². The molecule has 2 aromatic carbocycles. The highest BCUT2D eigenvalue weighted by Crippen LogP contribution is 2.37. The molecule has 1 N–H and O–H groups in total. The summed E-state index contributed by atoms with van der Waals surface area (Å²) < 4.78 is 80.0. The van der Waals surface area contributed by atoms with Crippen LogP contribution < -0.4 is 9.62 Å². The number of amides is 2. The molecular formula is C24H28ClF4N3O4S. The molecule has 2 amide bonds. The number of rotatable bonds is 11. The summed E-state index contributed by atoms with van der Waals surface area (Å²) in [6.07, 6.45) is -2.66. The van der Waals surface area contributed by atoms with Gasteiger partial charge in [-0.1, -0.05) is 43.1 Å². The first kappa shape index (κ1) is 30.4. The highest BCUT2D eigenvalue weighted by atomic mass is 35.5. The number of unbranched alkanes of at least 4 members (excludes halogenated alkanes) is 1. The van der Waals surface area contributed by atoms with Crippen LogP contribution in [0.2, 0.25) is 5.02 Å². The van der Waals surface area contributed by atoms with E-state index in [0.717, 1.165) is 29.7 Å². The van der Waals surface area contributed by atoms with Crippen LogP contribution in [0.25, 0.3) is 0 Å². The predicted octanol–water partition coefficient (Wildman–Crippen LogP) is 4.60. The molecule has 0 fully saturated rings. The molecule has 0 saturated carbocycles. The number of carbonyl (C=O) groups excluding carboxylic acids is 2. The number of nitrogens with one attached hydrogen (secondary N) is 1. The minimum Gasteiger partial charge on any atom is -0.354 e. The second kappa shape index (κ2) is 12.6. The average molecular weight is 566 g/mol. The molecule has 0 aliphatic rings. The van der Waals surface area contributed by atoms with Crippen LogP contribution >= 0.6 is 11.6 Å². The SMILES string of the molecule is CCCCNC(=O)C(C)N(Cc1ccccc1F)C(=O)CN(c1ccc(Cl)c(C(F)(F)F)c1)S(C)(=O)=O. The maximum atomic E-state index is 14.4.